The maximum atomic E-state index is 10.3. The summed E-state index contributed by atoms with van der Waals surface area (Å²) in [5.74, 6) is 0. The molecule has 0 atom stereocenters. The highest BCUT2D eigenvalue weighted by Crippen LogP contribution is 2.46. The van der Waals surface area contributed by atoms with Crippen LogP contribution in [-0.2, 0) is 0 Å². The number of benzene rings is 9. The van der Waals surface area contributed by atoms with E-state index < -0.39 is 143 Å². The Morgan fingerprint density at radius 3 is 1.64 bits per heavy atom. The lowest BCUT2D eigenvalue weighted by molar-refractivity contribution is 1.24. The summed E-state index contributed by atoms with van der Waals surface area (Å²) < 4.78 is 218. The molecule has 0 spiro atoms. The molecule has 0 aliphatic carbocycles. The summed E-state index contributed by atoms with van der Waals surface area (Å²) in [6, 6.07) is 4.71. The first-order valence-corrected chi connectivity index (χ1v) is 18.0. The topological polar surface area (TPSA) is 9.72 Å². The van der Waals surface area contributed by atoms with Crippen molar-refractivity contribution in [2.75, 3.05) is 14.7 Å². The molecule has 0 bridgehead atoms. The van der Waals surface area contributed by atoms with Crippen LogP contribution in [0.1, 0.15) is 32.9 Å². The van der Waals surface area contributed by atoms with Crippen LogP contribution in [-0.4, -0.2) is 6.71 Å². The molecule has 11 rings (SSSR count). The van der Waals surface area contributed by atoms with Gasteiger partial charge in [-0.3, -0.25) is 0 Å². The van der Waals surface area contributed by atoms with E-state index in [0.717, 1.165) is 11.0 Å². The van der Waals surface area contributed by atoms with Gasteiger partial charge in [0.25, 0.3) is 6.71 Å². The fourth-order valence-corrected chi connectivity index (χ4v) is 7.50. The molecule has 58 heavy (non-hydrogen) atoms. The van der Waals surface area contributed by atoms with Crippen LogP contribution in [0.4, 0.5) is 51.2 Å². The Morgan fingerprint density at radius 1 is 0.379 bits per heavy atom. The van der Waals surface area contributed by atoms with Crippen molar-refractivity contribution < 1.29 is 32.9 Å². The minimum Gasteiger partial charge on any atom is -0.311 e. The van der Waals surface area contributed by atoms with Crippen molar-refractivity contribution in [1.82, 2.24) is 0 Å². The largest absolute Gasteiger partial charge is 0.311 e. The van der Waals surface area contributed by atoms with E-state index in [9.17, 15) is 9.60 Å². The van der Waals surface area contributed by atoms with Crippen LogP contribution in [0, 0.1) is 0 Å². The minimum absolute atomic E-state index is 0.0211. The highest BCUT2D eigenvalue weighted by Gasteiger charge is 2.43. The zero-order valence-corrected chi connectivity index (χ0v) is 30.0. The summed E-state index contributed by atoms with van der Waals surface area (Å²) in [5, 5.41) is 0. The molecule has 0 saturated heterocycles. The Labute approximate surface area is 374 Å². The molecule has 2 aliphatic heterocycles. The van der Waals surface area contributed by atoms with E-state index >= 15 is 0 Å². The van der Waals surface area contributed by atoms with E-state index in [1.165, 1.54) is 41.3 Å². The van der Waals surface area contributed by atoms with Crippen LogP contribution in [0.25, 0.3) is 22.3 Å². The highest BCUT2D eigenvalue weighted by molar-refractivity contribution is 7.00. The van der Waals surface area contributed by atoms with Gasteiger partial charge in [0, 0.05) is 51.2 Å². The molecular weight excluding hydrogens is 701 g/mol. The summed E-state index contributed by atoms with van der Waals surface area (Å²) in [6.45, 7) is -1.33. The molecule has 0 N–H and O–H groups in total. The van der Waals surface area contributed by atoms with Gasteiger partial charge in [0.1, 0.15) is 0 Å². The average Bonchev–Trinajstić information content (AvgIpc) is 1.22. The number of fused-ring (bicyclic) bond motifs is 4. The van der Waals surface area contributed by atoms with Crippen molar-refractivity contribution >= 4 is 74.3 Å². The van der Waals surface area contributed by atoms with Gasteiger partial charge in [0.15, 0.2) is 0 Å². The number of anilines is 9. The average molecular weight is 764 g/mol. The SMILES string of the molecule is [2H]c1cc([2H])c(N(c2ccc3c(c2)N(c2ccccc2)c2c([2H])c([2H])c([2H])c4c2B3c2cc([2H])c(-c3c([2H])c([2H])c([2H])c([2H])c3[2H])c([2H])c2N4c2c([2H])cc([2H])c(-c3c([2H])c([2H])c([2H])c([2H])c3[2H])c2[2H])c2c([2H])cc([2H])cc2[2H])c([2H])c1. The normalized spacial score (nSPS) is 18.2. The predicted octanol–water partition coefficient (Wildman–Crippen LogP) is 12.6. The molecule has 0 aromatic heterocycles. The molecule has 0 radical (unpaired) electrons. The van der Waals surface area contributed by atoms with E-state index in [0.29, 0.717) is 5.69 Å². The van der Waals surface area contributed by atoms with E-state index in [2.05, 4.69) is 0 Å². The van der Waals surface area contributed by atoms with Gasteiger partial charge in [-0.05, 0) is 117 Å². The van der Waals surface area contributed by atoms with Crippen molar-refractivity contribution in [3.8, 4) is 22.3 Å². The number of nitrogens with zero attached hydrogens (tertiary/aromatic N) is 3. The fraction of sp³-hybridized carbons (Fsp3) is 0. The van der Waals surface area contributed by atoms with Gasteiger partial charge in [0.05, 0.1) is 32.9 Å². The molecule has 9 aromatic rings. The Morgan fingerprint density at radius 2 is 0.983 bits per heavy atom. The molecule has 0 saturated carbocycles. The second-order valence-electron chi connectivity index (χ2n) is 13.1. The molecule has 0 fully saturated rings. The van der Waals surface area contributed by atoms with Gasteiger partial charge < -0.3 is 14.7 Å². The van der Waals surface area contributed by atoms with Crippen molar-refractivity contribution in [3.63, 3.8) is 0 Å². The van der Waals surface area contributed by atoms with Crippen LogP contribution in [0.3, 0.4) is 0 Å². The number of para-hydroxylation sites is 3. The zero-order valence-electron chi connectivity index (χ0n) is 54.0. The third kappa shape index (κ3) is 5.69. The van der Waals surface area contributed by atoms with Gasteiger partial charge >= 0.3 is 0 Å². The molecule has 2 aliphatic rings. The smallest absolute Gasteiger partial charge is 0.252 e. The van der Waals surface area contributed by atoms with Gasteiger partial charge in [0.2, 0.25) is 0 Å². The first-order valence-electron chi connectivity index (χ1n) is 30.0. The molecule has 4 heteroatoms. The van der Waals surface area contributed by atoms with Gasteiger partial charge in [-0.2, -0.15) is 0 Å². The van der Waals surface area contributed by atoms with Gasteiger partial charge in [-0.1, -0.05) is 151 Å². The van der Waals surface area contributed by atoms with Crippen molar-refractivity contribution in [1.29, 1.82) is 0 Å². The lowest BCUT2D eigenvalue weighted by Gasteiger charge is -2.44. The van der Waals surface area contributed by atoms with Crippen molar-refractivity contribution in [3.05, 3.63) is 230 Å². The summed E-state index contributed by atoms with van der Waals surface area (Å²) >= 11 is 0. The monoisotopic (exact) mass is 763 g/mol. The van der Waals surface area contributed by atoms with E-state index in [-0.39, 0.29) is 92.5 Å². The zero-order chi connectivity index (χ0) is 59.3. The highest BCUT2D eigenvalue weighted by atomic mass is 15.2. The Bertz CT molecular complexity index is 4170. The maximum Gasteiger partial charge on any atom is 0.252 e. The minimum atomic E-state index is -1.33. The third-order valence-corrected chi connectivity index (χ3v) is 9.88. The quantitative estimate of drug-likeness (QED) is 0.150. The lowest BCUT2D eigenvalue weighted by atomic mass is 9.33. The van der Waals surface area contributed by atoms with Crippen LogP contribution in [0.5, 0.6) is 0 Å². The molecule has 0 amide bonds. The molecule has 0 unspecified atom stereocenters. The second kappa shape index (κ2) is 14.2. The molecule has 9 aromatic carbocycles. The summed E-state index contributed by atoms with van der Waals surface area (Å²) in [5.41, 5.74) is -3.17. The van der Waals surface area contributed by atoms with Gasteiger partial charge in [-0.25, -0.2) is 0 Å². The number of hydrogen-bond donors (Lipinski definition) is 0. The van der Waals surface area contributed by atoms with E-state index in [1.54, 1.807) is 47.4 Å². The molecular formula is C54H38BN3. The van der Waals surface area contributed by atoms with Crippen LogP contribution >= 0.6 is 0 Å². The number of rotatable bonds is 7. The predicted molar refractivity (Wildman–Crippen MR) is 246 cm³/mol. The lowest BCUT2D eigenvalue weighted by Crippen LogP contribution is -2.61. The first kappa shape index (κ1) is 17.3. The van der Waals surface area contributed by atoms with E-state index in [4.69, 9.17) is 23.3 Å². The summed E-state index contributed by atoms with van der Waals surface area (Å²) in [7, 11) is 0. The molecule has 2 heterocycles. The van der Waals surface area contributed by atoms with Crippen LogP contribution < -0.4 is 31.1 Å². The third-order valence-electron chi connectivity index (χ3n) is 9.88. The van der Waals surface area contributed by atoms with Crippen LogP contribution in [0.2, 0.25) is 0 Å². The first-order chi connectivity index (χ1) is 38.7. The van der Waals surface area contributed by atoms with Crippen molar-refractivity contribution in [2.24, 2.45) is 0 Å². The second-order valence-corrected chi connectivity index (χ2v) is 13.1. The van der Waals surface area contributed by atoms with Crippen LogP contribution in [0.15, 0.2) is 230 Å². The summed E-state index contributed by atoms with van der Waals surface area (Å²) in [4.78, 5) is 3.92. The van der Waals surface area contributed by atoms with E-state index in [1.807, 2.05) is 0 Å². The van der Waals surface area contributed by atoms with Gasteiger partial charge in [-0.15, -0.1) is 0 Å². The molecule has 272 valence electrons. The summed E-state index contributed by atoms with van der Waals surface area (Å²) in [6.07, 6.45) is 0. The maximum absolute atomic E-state index is 10.3. The standard InChI is InChI=1S/C54H38BN3/c1-6-18-39(19-7-1)41-22-16-29-46(36-41)58-51-31-17-30-50-54(51)55(48-34-32-42(37-52(48)58)40-20-8-2-9-21-40)49-35-33-47(38-53(49)57(50)45-27-14-5-15-28-45)56(43-23-10-3-11-24-43)44-25-12-4-13-26-44/h1-38H/i1D,2D,3D,4D,6D,7D,8D,9D,17D,18D,19D,20D,21D,22D,23D,24D,25D,26D,29D,30D,31D,32D,36D,37D. The fourth-order valence-electron chi connectivity index (χ4n) is 7.50. The Balaban J connectivity index is 1.32. The Hall–Kier alpha value is -7.56. The Kier molecular flexibility index (Phi) is 4.23. The van der Waals surface area contributed by atoms with Crippen molar-refractivity contribution in [2.45, 2.75) is 0 Å². The number of hydrogen-bond acceptors (Lipinski definition) is 3. The molecule has 3 nitrogen and oxygen atoms in total.